The summed E-state index contributed by atoms with van der Waals surface area (Å²) in [6.45, 7) is 6.69. The van der Waals surface area contributed by atoms with Gasteiger partial charge in [-0.1, -0.05) is 6.08 Å². The van der Waals surface area contributed by atoms with Gasteiger partial charge in [0.15, 0.2) is 0 Å². The third-order valence-electron chi connectivity index (χ3n) is 8.18. The van der Waals surface area contributed by atoms with Gasteiger partial charge in [0.1, 0.15) is 22.6 Å². The first kappa shape index (κ1) is 23.6. The molecule has 0 atom stereocenters. The van der Waals surface area contributed by atoms with Crippen molar-refractivity contribution < 1.29 is 14.0 Å². The van der Waals surface area contributed by atoms with Gasteiger partial charge < -0.3 is 19.2 Å². The Bertz CT molecular complexity index is 1170. The van der Waals surface area contributed by atoms with Crippen LogP contribution in [0, 0.1) is 30.1 Å². The molecule has 1 N–H and O–H groups in total. The number of carbonyl (C=O) groups excluding carboxylic acids is 2. The third kappa shape index (κ3) is 4.73. The fraction of sp³-hybridized carbons (Fsp3) is 0.536. The van der Waals surface area contributed by atoms with Gasteiger partial charge >= 0.3 is 0 Å². The van der Waals surface area contributed by atoms with Crippen LogP contribution in [0.4, 0.5) is 0 Å². The van der Waals surface area contributed by atoms with E-state index >= 15 is 0 Å². The van der Waals surface area contributed by atoms with Gasteiger partial charge in [0.25, 0.3) is 11.8 Å². The van der Waals surface area contributed by atoms with Crippen LogP contribution in [0.5, 0.6) is 0 Å². The minimum Gasteiger partial charge on any atom is -0.464 e. The quantitative estimate of drug-likeness (QED) is 0.583. The second kappa shape index (κ2) is 9.17. The molecule has 0 aliphatic heterocycles. The lowest BCUT2D eigenvalue weighted by atomic mass is 9.49. The van der Waals surface area contributed by atoms with E-state index in [1.165, 1.54) is 44.7 Å². The van der Waals surface area contributed by atoms with Crippen molar-refractivity contribution in [2.24, 2.45) is 23.2 Å². The topological polar surface area (TPSA) is 84.6 Å². The number of amides is 2. The predicted octanol–water partition coefficient (Wildman–Crippen LogP) is 4.00. The molecule has 7 heteroatoms. The van der Waals surface area contributed by atoms with Crippen molar-refractivity contribution in [3.8, 4) is 0 Å². The summed E-state index contributed by atoms with van der Waals surface area (Å²) in [5, 5.41) is 2.66. The summed E-state index contributed by atoms with van der Waals surface area (Å²) in [4.78, 5) is 41.4. The molecule has 35 heavy (non-hydrogen) atoms. The molecule has 2 heterocycles. The molecule has 6 rings (SSSR count). The molecule has 0 aromatic carbocycles. The van der Waals surface area contributed by atoms with E-state index in [-0.39, 0.29) is 29.0 Å². The molecule has 0 spiro atoms. The molecule has 4 bridgehead atoms. The third-order valence-corrected chi connectivity index (χ3v) is 8.18. The average Bonchev–Trinajstić information content (AvgIpc) is 3.21. The number of furan rings is 1. The van der Waals surface area contributed by atoms with Gasteiger partial charge in [0, 0.05) is 32.5 Å². The number of nitrogens with zero attached hydrogens (tertiary/aromatic N) is 2. The lowest BCUT2D eigenvalue weighted by Crippen LogP contribution is -2.51. The summed E-state index contributed by atoms with van der Waals surface area (Å²) < 4.78 is 7.37. The molecule has 2 amide bonds. The van der Waals surface area contributed by atoms with Gasteiger partial charge in [0.2, 0.25) is 5.43 Å². The van der Waals surface area contributed by atoms with E-state index in [1.807, 2.05) is 19.1 Å². The standard InChI is InChI=1S/C28H35N3O4/c1-4-7-29-26(33)23-15-31(14-22-6-5-18(2)35-22)16-24(25(23)32)27(34)30(3)17-28-11-19-8-20(12-28)10-21(9-19)13-28/h4-6,15-16,19-21H,1,7-14,17H2,2-3H3,(H,29,33). The van der Waals surface area contributed by atoms with Crippen LogP contribution in [-0.2, 0) is 6.54 Å². The van der Waals surface area contributed by atoms with E-state index < -0.39 is 11.3 Å². The minimum absolute atomic E-state index is 0.0201. The Morgan fingerprint density at radius 2 is 1.77 bits per heavy atom. The zero-order valence-corrected chi connectivity index (χ0v) is 20.7. The van der Waals surface area contributed by atoms with Crippen molar-refractivity contribution in [2.75, 3.05) is 20.1 Å². The van der Waals surface area contributed by atoms with Crippen LogP contribution in [-0.4, -0.2) is 41.4 Å². The average molecular weight is 478 g/mol. The number of aryl methyl sites for hydroxylation is 1. The summed E-state index contributed by atoms with van der Waals surface area (Å²) in [6, 6.07) is 3.71. The molecule has 186 valence electrons. The second-order valence-corrected chi connectivity index (χ2v) is 11.2. The summed E-state index contributed by atoms with van der Waals surface area (Å²) >= 11 is 0. The van der Waals surface area contributed by atoms with E-state index in [0.717, 1.165) is 23.5 Å². The predicted molar refractivity (Wildman–Crippen MR) is 133 cm³/mol. The van der Waals surface area contributed by atoms with Crippen molar-refractivity contribution in [2.45, 2.75) is 52.0 Å². The van der Waals surface area contributed by atoms with Gasteiger partial charge in [-0.2, -0.15) is 0 Å². The highest BCUT2D eigenvalue weighted by Gasteiger charge is 2.51. The Kier molecular flexibility index (Phi) is 6.20. The Balaban J connectivity index is 1.43. The van der Waals surface area contributed by atoms with Crippen LogP contribution in [0.2, 0.25) is 0 Å². The number of carbonyl (C=O) groups is 2. The van der Waals surface area contributed by atoms with E-state index in [4.69, 9.17) is 4.42 Å². The molecular formula is C28H35N3O4. The highest BCUT2D eigenvalue weighted by Crippen LogP contribution is 2.60. The molecule has 7 nitrogen and oxygen atoms in total. The Morgan fingerprint density at radius 3 is 2.34 bits per heavy atom. The van der Waals surface area contributed by atoms with Crippen molar-refractivity contribution in [3.63, 3.8) is 0 Å². The monoisotopic (exact) mass is 477 g/mol. The smallest absolute Gasteiger partial charge is 0.259 e. The number of hydrogen-bond donors (Lipinski definition) is 1. The maximum absolute atomic E-state index is 13.6. The normalized spacial score (nSPS) is 26.5. The van der Waals surface area contributed by atoms with E-state index in [2.05, 4.69) is 11.9 Å². The number of aromatic nitrogens is 1. The molecule has 4 aliphatic rings. The summed E-state index contributed by atoms with van der Waals surface area (Å²) in [7, 11) is 1.80. The SMILES string of the molecule is C=CCNC(=O)c1cn(Cc2ccc(C)o2)cc(C(=O)N(C)CC23CC4CC(CC(C4)C2)C3)c1=O. The fourth-order valence-corrected chi connectivity index (χ4v) is 7.31. The first-order valence-corrected chi connectivity index (χ1v) is 12.7. The van der Waals surface area contributed by atoms with Crippen molar-refractivity contribution in [1.82, 2.24) is 14.8 Å². The van der Waals surface area contributed by atoms with E-state index in [9.17, 15) is 14.4 Å². The number of nitrogens with one attached hydrogen (secondary N) is 1. The van der Waals surface area contributed by atoms with Crippen LogP contribution in [0.1, 0.15) is 70.8 Å². The van der Waals surface area contributed by atoms with Crippen molar-refractivity contribution in [1.29, 1.82) is 0 Å². The molecule has 2 aromatic rings. The van der Waals surface area contributed by atoms with Crippen molar-refractivity contribution >= 4 is 11.8 Å². The molecular weight excluding hydrogens is 442 g/mol. The lowest BCUT2D eigenvalue weighted by molar-refractivity contribution is -0.0629. The van der Waals surface area contributed by atoms with Gasteiger partial charge in [0.05, 0.1) is 6.54 Å². The van der Waals surface area contributed by atoms with Gasteiger partial charge in [-0.25, -0.2) is 0 Å². The Hall–Kier alpha value is -3.09. The van der Waals surface area contributed by atoms with Crippen LogP contribution in [0.25, 0.3) is 0 Å². The highest BCUT2D eigenvalue weighted by molar-refractivity contribution is 5.99. The molecule has 0 radical (unpaired) electrons. The maximum atomic E-state index is 13.6. The maximum Gasteiger partial charge on any atom is 0.259 e. The zero-order valence-electron chi connectivity index (χ0n) is 20.7. The molecule has 4 fully saturated rings. The van der Waals surface area contributed by atoms with Crippen LogP contribution >= 0.6 is 0 Å². The van der Waals surface area contributed by atoms with Gasteiger partial charge in [-0.05, 0) is 80.8 Å². The zero-order chi connectivity index (χ0) is 24.7. The fourth-order valence-electron chi connectivity index (χ4n) is 7.31. The van der Waals surface area contributed by atoms with Gasteiger partial charge in [-0.3, -0.25) is 14.4 Å². The minimum atomic E-state index is -0.541. The Morgan fingerprint density at radius 1 is 1.14 bits per heavy atom. The molecule has 0 saturated heterocycles. The van der Waals surface area contributed by atoms with Crippen LogP contribution in [0.3, 0.4) is 0 Å². The largest absolute Gasteiger partial charge is 0.464 e. The number of rotatable bonds is 8. The van der Waals surface area contributed by atoms with E-state index in [0.29, 0.717) is 18.8 Å². The molecule has 0 unspecified atom stereocenters. The van der Waals surface area contributed by atoms with Crippen molar-refractivity contribution in [3.05, 3.63) is 70.1 Å². The highest BCUT2D eigenvalue weighted by atomic mass is 16.3. The van der Waals surface area contributed by atoms with Crippen LogP contribution in [0.15, 0.2) is 46.4 Å². The summed E-state index contributed by atoms with van der Waals surface area (Å²) in [5.74, 6) is 2.98. The van der Waals surface area contributed by atoms with E-state index in [1.54, 1.807) is 28.8 Å². The van der Waals surface area contributed by atoms with Crippen LogP contribution < -0.4 is 10.7 Å². The summed E-state index contributed by atoms with van der Waals surface area (Å²) in [6.07, 6.45) is 12.2. The lowest BCUT2D eigenvalue weighted by Gasteiger charge is -2.57. The number of hydrogen-bond acceptors (Lipinski definition) is 4. The van der Waals surface area contributed by atoms with Gasteiger partial charge in [-0.15, -0.1) is 6.58 Å². The molecule has 2 aromatic heterocycles. The second-order valence-electron chi connectivity index (χ2n) is 11.2. The first-order valence-electron chi connectivity index (χ1n) is 12.7. The molecule has 4 aliphatic carbocycles. The number of pyridine rings is 1. The Labute approximate surface area is 206 Å². The first-order chi connectivity index (χ1) is 16.7. The summed E-state index contributed by atoms with van der Waals surface area (Å²) in [5.41, 5.74) is -0.403. The molecule has 4 saturated carbocycles.